The fourth-order valence-electron chi connectivity index (χ4n) is 3.09. The Morgan fingerprint density at radius 2 is 1.75 bits per heavy atom. The zero-order valence-corrected chi connectivity index (χ0v) is 12.1. The predicted octanol–water partition coefficient (Wildman–Crippen LogP) is 1.81. The van der Waals surface area contributed by atoms with Crippen molar-refractivity contribution in [2.24, 2.45) is 11.8 Å². The van der Waals surface area contributed by atoms with E-state index in [0.717, 1.165) is 25.3 Å². The van der Waals surface area contributed by atoms with Crippen molar-refractivity contribution in [3.05, 3.63) is 12.7 Å². The van der Waals surface area contributed by atoms with E-state index in [4.69, 9.17) is 0 Å². The molecular weight excluding hydrogens is 252 g/mol. The lowest BCUT2D eigenvalue weighted by molar-refractivity contribution is -0.140. The number of hydrogen-bond acceptors (Lipinski definition) is 2. The minimum Gasteiger partial charge on any atom is -0.339 e. The number of piperidine rings is 1. The van der Waals surface area contributed by atoms with Crippen LogP contribution in [0.4, 0.5) is 0 Å². The zero-order valence-electron chi connectivity index (χ0n) is 12.1. The number of hydrogen-bond donors (Lipinski definition) is 0. The van der Waals surface area contributed by atoms with Gasteiger partial charge in [0.1, 0.15) is 0 Å². The molecule has 2 amide bonds. The summed E-state index contributed by atoms with van der Waals surface area (Å²) in [5.74, 6) is 1.24. The molecule has 2 saturated carbocycles. The quantitative estimate of drug-likeness (QED) is 0.719. The summed E-state index contributed by atoms with van der Waals surface area (Å²) in [5, 5.41) is 0. The van der Waals surface area contributed by atoms with Crippen LogP contribution in [0.2, 0.25) is 0 Å². The summed E-state index contributed by atoms with van der Waals surface area (Å²) in [6, 6.07) is 0.524. The summed E-state index contributed by atoms with van der Waals surface area (Å²) in [6.45, 7) is 5.90. The molecule has 0 unspecified atom stereocenters. The van der Waals surface area contributed by atoms with E-state index >= 15 is 0 Å². The maximum Gasteiger partial charge on any atom is 0.245 e. The molecule has 4 nitrogen and oxygen atoms in total. The molecule has 110 valence electrons. The molecular formula is C16H24N2O2. The minimum absolute atomic E-state index is 0.00655. The van der Waals surface area contributed by atoms with Gasteiger partial charge in [-0.1, -0.05) is 6.58 Å². The molecule has 1 heterocycles. The summed E-state index contributed by atoms with van der Waals surface area (Å²) in [7, 11) is 0. The van der Waals surface area contributed by atoms with E-state index in [0.29, 0.717) is 25.0 Å². The first-order valence-corrected chi connectivity index (χ1v) is 7.91. The average Bonchev–Trinajstić information content (AvgIpc) is 3.36. The monoisotopic (exact) mass is 276 g/mol. The second kappa shape index (κ2) is 5.58. The number of likely N-dealkylation sites (tertiary alicyclic amines) is 1. The van der Waals surface area contributed by atoms with Crippen LogP contribution in [0.3, 0.4) is 0 Å². The lowest BCUT2D eigenvalue weighted by Crippen LogP contribution is -2.45. The van der Waals surface area contributed by atoms with Gasteiger partial charge in [-0.05, 0) is 50.5 Å². The van der Waals surface area contributed by atoms with Gasteiger partial charge in [0, 0.05) is 31.6 Å². The SMILES string of the molecule is C=CC(=O)N1CCC(C(=O)N(CC2CC2)C2CC2)CC1. The molecule has 3 aliphatic rings. The molecule has 0 aromatic rings. The Balaban J connectivity index is 1.54. The topological polar surface area (TPSA) is 40.6 Å². The van der Waals surface area contributed by atoms with Gasteiger partial charge in [-0.2, -0.15) is 0 Å². The third-order valence-corrected chi connectivity index (χ3v) is 4.75. The molecule has 0 N–H and O–H groups in total. The van der Waals surface area contributed by atoms with Crippen LogP contribution in [-0.4, -0.2) is 47.3 Å². The number of rotatable bonds is 5. The smallest absolute Gasteiger partial charge is 0.245 e. The average molecular weight is 276 g/mol. The van der Waals surface area contributed by atoms with Crippen molar-refractivity contribution in [3.8, 4) is 0 Å². The van der Waals surface area contributed by atoms with Crippen molar-refractivity contribution in [2.45, 2.75) is 44.6 Å². The third-order valence-electron chi connectivity index (χ3n) is 4.75. The third kappa shape index (κ3) is 3.05. The number of carbonyl (C=O) groups excluding carboxylic acids is 2. The Morgan fingerprint density at radius 3 is 2.25 bits per heavy atom. The van der Waals surface area contributed by atoms with Crippen molar-refractivity contribution in [3.63, 3.8) is 0 Å². The highest BCUT2D eigenvalue weighted by Crippen LogP contribution is 2.36. The van der Waals surface area contributed by atoms with Crippen LogP contribution in [0.5, 0.6) is 0 Å². The molecule has 0 radical (unpaired) electrons. The van der Waals surface area contributed by atoms with E-state index in [2.05, 4.69) is 11.5 Å². The molecule has 0 aromatic heterocycles. The van der Waals surface area contributed by atoms with Crippen LogP contribution in [0.1, 0.15) is 38.5 Å². The maximum absolute atomic E-state index is 12.7. The van der Waals surface area contributed by atoms with E-state index in [-0.39, 0.29) is 11.8 Å². The fraction of sp³-hybridized carbons (Fsp3) is 0.750. The lowest BCUT2D eigenvalue weighted by Gasteiger charge is -2.34. The van der Waals surface area contributed by atoms with Crippen LogP contribution in [0, 0.1) is 11.8 Å². The molecule has 3 rings (SSSR count). The molecule has 1 saturated heterocycles. The molecule has 0 atom stereocenters. The number of amides is 2. The number of nitrogens with zero attached hydrogens (tertiary/aromatic N) is 2. The Labute approximate surface area is 120 Å². The normalized spacial score (nSPS) is 23.5. The molecule has 1 aliphatic heterocycles. The standard InChI is InChI=1S/C16H24N2O2/c1-2-15(19)17-9-7-13(8-10-17)16(20)18(14-5-6-14)11-12-3-4-12/h2,12-14H,1,3-11H2. The van der Waals surface area contributed by atoms with Crippen LogP contribution in [0.25, 0.3) is 0 Å². The van der Waals surface area contributed by atoms with Crippen LogP contribution >= 0.6 is 0 Å². The summed E-state index contributed by atoms with van der Waals surface area (Å²) in [4.78, 5) is 28.2. The van der Waals surface area contributed by atoms with Gasteiger partial charge in [-0.25, -0.2) is 0 Å². The molecule has 20 heavy (non-hydrogen) atoms. The van der Waals surface area contributed by atoms with Gasteiger partial charge in [0.25, 0.3) is 0 Å². The largest absolute Gasteiger partial charge is 0.339 e. The predicted molar refractivity (Wildman–Crippen MR) is 77.0 cm³/mol. The van der Waals surface area contributed by atoms with Crippen molar-refractivity contribution < 1.29 is 9.59 Å². The summed E-state index contributed by atoms with van der Waals surface area (Å²) < 4.78 is 0. The highest BCUT2D eigenvalue weighted by molar-refractivity contribution is 5.87. The molecule has 0 bridgehead atoms. The Hall–Kier alpha value is -1.32. The van der Waals surface area contributed by atoms with E-state index in [1.807, 2.05) is 0 Å². The first kappa shape index (κ1) is 13.7. The van der Waals surface area contributed by atoms with Gasteiger partial charge in [0.2, 0.25) is 11.8 Å². The highest BCUT2D eigenvalue weighted by Gasteiger charge is 2.39. The van der Waals surface area contributed by atoms with Crippen LogP contribution in [-0.2, 0) is 9.59 Å². The van der Waals surface area contributed by atoms with Crippen molar-refractivity contribution in [1.82, 2.24) is 9.80 Å². The Bertz CT molecular complexity index is 405. The van der Waals surface area contributed by atoms with E-state index in [9.17, 15) is 9.59 Å². The molecule has 2 aliphatic carbocycles. The first-order chi connectivity index (χ1) is 9.69. The van der Waals surface area contributed by atoms with Gasteiger partial charge in [-0.15, -0.1) is 0 Å². The second-order valence-corrected chi connectivity index (χ2v) is 6.47. The lowest BCUT2D eigenvalue weighted by atomic mass is 9.95. The minimum atomic E-state index is -0.00655. The first-order valence-electron chi connectivity index (χ1n) is 7.91. The van der Waals surface area contributed by atoms with Gasteiger partial charge < -0.3 is 9.80 Å². The van der Waals surface area contributed by atoms with Crippen molar-refractivity contribution >= 4 is 11.8 Å². The van der Waals surface area contributed by atoms with E-state index in [1.165, 1.54) is 31.8 Å². The van der Waals surface area contributed by atoms with Crippen LogP contribution < -0.4 is 0 Å². The fourth-order valence-corrected chi connectivity index (χ4v) is 3.09. The highest BCUT2D eigenvalue weighted by atomic mass is 16.2. The van der Waals surface area contributed by atoms with Crippen molar-refractivity contribution in [1.29, 1.82) is 0 Å². The molecule has 0 spiro atoms. The van der Waals surface area contributed by atoms with Gasteiger partial charge in [0.05, 0.1) is 0 Å². The molecule has 3 fully saturated rings. The van der Waals surface area contributed by atoms with Crippen molar-refractivity contribution in [2.75, 3.05) is 19.6 Å². The Morgan fingerprint density at radius 1 is 1.10 bits per heavy atom. The Kier molecular flexibility index (Phi) is 3.81. The second-order valence-electron chi connectivity index (χ2n) is 6.47. The van der Waals surface area contributed by atoms with E-state index < -0.39 is 0 Å². The summed E-state index contributed by atoms with van der Waals surface area (Å²) in [5.41, 5.74) is 0. The van der Waals surface area contributed by atoms with Gasteiger partial charge in [-0.3, -0.25) is 9.59 Å². The number of carbonyl (C=O) groups is 2. The zero-order chi connectivity index (χ0) is 14.1. The van der Waals surface area contributed by atoms with Gasteiger partial charge >= 0.3 is 0 Å². The summed E-state index contributed by atoms with van der Waals surface area (Å²) in [6.07, 6.45) is 7.95. The summed E-state index contributed by atoms with van der Waals surface area (Å²) >= 11 is 0. The van der Waals surface area contributed by atoms with E-state index in [1.54, 1.807) is 4.90 Å². The maximum atomic E-state index is 12.7. The molecule has 4 heteroatoms. The van der Waals surface area contributed by atoms with Crippen LogP contribution in [0.15, 0.2) is 12.7 Å². The van der Waals surface area contributed by atoms with Gasteiger partial charge in [0.15, 0.2) is 0 Å². The molecule has 0 aromatic carbocycles.